The first-order chi connectivity index (χ1) is 8.11. The highest BCUT2D eigenvalue weighted by Gasteiger charge is 2.27. The van der Waals surface area contributed by atoms with Gasteiger partial charge >= 0.3 is 0 Å². The largest absolute Gasteiger partial charge is 0.506 e. The fourth-order valence-corrected chi connectivity index (χ4v) is 2.77. The second-order valence-electron chi connectivity index (χ2n) is 4.72. The van der Waals surface area contributed by atoms with E-state index in [9.17, 15) is 9.50 Å². The van der Waals surface area contributed by atoms with Crippen LogP contribution in [0.25, 0.3) is 0 Å². The Balaban J connectivity index is 2.29. The molecule has 4 heteroatoms. The Morgan fingerprint density at radius 1 is 1.29 bits per heavy atom. The zero-order valence-corrected chi connectivity index (χ0v) is 10.4. The zero-order chi connectivity index (χ0) is 12.4. The van der Waals surface area contributed by atoms with Crippen molar-refractivity contribution in [3.05, 3.63) is 28.5 Å². The van der Waals surface area contributed by atoms with Crippen LogP contribution >= 0.6 is 11.6 Å². The number of benzene rings is 1. The van der Waals surface area contributed by atoms with Crippen molar-refractivity contribution in [2.75, 3.05) is 0 Å². The summed E-state index contributed by atoms with van der Waals surface area (Å²) in [6.07, 6.45) is 5.45. The molecule has 0 bridgehead atoms. The summed E-state index contributed by atoms with van der Waals surface area (Å²) in [6, 6.07) is 2.15. The van der Waals surface area contributed by atoms with Crippen LogP contribution in [0.3, 0.4) is 0 Å². The molecule has 17 heavy (non-hydrogen) atoms. The molecule has 0 saturated heterocycles. The van der Waals surface area contributed by atoms with Gasteiger partial charge in [0.2, 0.25) is 0 Å². The Hall–Kier alpha value is -0.800. The number of aromatic hydroxyl groups is 1. The minimum atomic E-state index is -0.468. The van der Waals surface area contributed by atoms with E-state index >= 15 is 0 Å². The molecule has 0 spiro atoms. The second-order valence-corrected chi connectivity index (χ2v) is 5.12. The molecule has 2 rings (SSSR count). The fourth-order valence-electron chi connectivity index (χ4n) is 2.60. The molecular formula is C13H17ClFNO. The average Bonchev–Trinajstić information content (AvgIpc) is 2.35. The first-order valence-corrected chi connectivity index (χ1v) is 6.41. The molecule has 1 saturated carbocycles. The van der Waals surface area contributed by atoms with Gasteiger partial charge in [0.05, 0.1) is 5.02 Å². The number of hydrogen-bond acceptors (Lipinski definition) is 2. The maximum absolute atomic E-state index is 13.7. The maximum atomic E-state index is 13.7. The standard InChI is InChI=1S/C13H17ClFNO/c14-9-6-7-10(15)11(13(9)17)12(16)8-4-2-1-3-5-8/h6-8,12,17H,1-5,16H2/t12-/m1/s1. The summed E-state index contributed by atoms with van der Waals surface area (Å²) in [5.74, 6) is -0.433. The lowest BCUT2D eigenvalue weighted by Crippen LogP contribution is -2.24. The van der Waals surface area contributed by atoms with Crippen LogP contribution in [-0.2, 0) is 0 Å². The molecule has 1 atom stereocenters. The Morgan fingerprint density at radius 3 is 2.59 bits per heavy atom. The van der Waals surface area contributed by atoms with Gasteiger partial charge in [-0.15, -0.1) is 0 Å². The molecule has 0 amide bonds. The molecule has 0 radical (unpaired) electrons. The number of phenols is 1. The van der Waals surface area contributed by atoms with Gasteiger partial charge in [0.25, 0.3) is 0 Å². The van der Waals surface area contributed by atoms with E-state index < -0.39 is 11.9 Å². The highest BCUT2D eigenvalue weighted by atomic mass is 35.5. The van der Waals surface area contributed by atoms with Crippen LogP contribution in [0.4, 0.5) is 4.39 Å². The van der Waals surface area contributed by atoms with Crippen molar-refractivity contribution in [3.8, 4) is 5.75 Å². The summed E-state index contributed by atoms with van der Waals surface area (Å²) in [5, 5.41) is 9.99. The van der Waals surface area contributed by atoms with Gasteiger partial charge in [0, 0.05) is 11.6 Å². The first kappa shape index (κ1) is 12.7. The Morgan fingerprint density at radius 2 is 1.94 bits per heavy atom. The van der Waals surface area contributed by atoms with Crippen molar-refractivity contribution in [2.45, 2.75) is 38.1 Å². The molecule has 2 nitrogen and oxygen atoms in total. The van der Waals surface area contributed by atoms with Crippen LogP contribution < -0.4 is 5.73 Å². The molecule has 0 heterocycles. The molecule has 1 aliphatic rings. The van der Waals surface area contributed by atoms with Gasteiger partial charge < -0.3 is 10.8 Å². The lowest BCUT2D eigenvalue weighted by Gasteiger charge is -2.28. The van der Waals surface area contributed by atoms with Crippen LogP contribution in [0.2, 0.25) is 5.02 Å². The summed E-state index contributed by atoms with van der Waals surface area (Å²) in [4.78, 5) is 0. The summed E-state index contributed by atoms with van der Waals surface area (Å²) >= 11 is 5.80. The van der Waals surface area contributed by atoms with Gasteiger partial charge in [-0.05, 0) is 30.9 Å². The maximum Gasteiger partial charge on any atom is 0.141 e. The van der Waals surface area contributed by atoms with E-state index in [0.717, 1.165) is 25.7 Å². The summed E-state index contributed by atoms with van der Waals surface area (Å²) in [6.45, 7) is 0. The molecule has 1 aliphatic carbocycles. The number of hydrogen-bond donors (Lipinski definition) is 2. The van der Waals surface area contributed by atoms with Crippen LogP contribution in [0.1, 0.15) is 43.7 Å². The van der Waals surface area contributed by atoms with Crippen molar-refractivity contribution in [2.24, 2.45) is 11.7 Å². The minimum absolute atomic E-state index is 0.160. The minimum Gasteiger partial charge on any atom is -0.506 e. The van der Waals surface area contributed by atoms with E-state index in [1.165, 1.54) is 18.6 Å². The highest BCUT2D eigenvalue weighted by Crippen LogP contribution is 2.39. The van der Waals surface area contributed by atoms with E-state index in [4.69, 9.17) is 17.3 Å². The SMILES string of the molecule is N[C@@H](c1c(F)ccc(Cl)c1O)C1CCCCC1. The van der Waals surface area contributed by atoms with Gasteiger partial charge in [0.15, 0.2) is 0 Å². The Kier molecular flexibility index (Phi) is 3.89. The zero-order valence-electron chi connectivity index (χ0n) is 9.63. The molecule has 3 N–H and O–H groups in total. The average molecular weight is 258 g/mol. The van der Waals surface area contributed by atoms with Crippen molar-refractivity contribution in [1.29, 1.82) is 0 Å². The molecule has 1 aromatic rings. The van der Waals surface area contributed by atoms with E-state index in [0.29, 0.717) is 0 Å². The quantitative estimate of drug-likeness (QED) is 0.847. The number of rotatable bonds is 2. The lowest BCUT2D eigenvalue weighted by atomic mass is 9.81. The normalized spacial score (nSPS) is 19.2. The van der Waals surface area contributed by atoms with Crippen molar-refractivity contribution < 1.29 is 9.50 Å². The predicted molar refractivity (Wildman–Crippen MR) is 66.6 cm³/mol. The summed E-state index contributed by atoms with van der Waals surface area (Å²) < 4.78 is 13.7. The summed E-state index contributed by atoms with van der Waals surface area (Å²) in [7, 11) is 0. The van der Waals surface area contributed by atoms with Gasteiger partial charge in [-0.1, -0.05) is 30.9 Å². The van der Waals surface area contributed by atoms with Crippen molar-refractivity contribution in [1.82, 2.24) is 0 Å². The van der Waals surface area contributed by atoms with Crippen molar-refractivity contribution >= 4 is 11.6 Å². The number of phenolic OH excluding ortho intramolecular Hbond substituents is 1. The van der Waals surface area contributed by atoms with Gasteiger partial charge in [-0.3, -0.25) is 0 Å². The monoisotopic (exact) mass is 257 g/mol. The molecule has 0 aliphatic heterocycles. The van der Waals surface area contributed by atoms with Crippen LogP contribution in [0.5, 0.6) is 5.75 Å². The van der Waals surface area contributed by atoms with Gasteiger partial charge in [-0.2, -0.15) is 0 Å². The number of halogens is 2. The second kappa shape index (κ2) is 5.23. The van der Waals surface area contributed by atoms with Crippen molar-refractivity contribution in [3.63, 3.8) is 0 Å². The Labute approximate surface area is 106 Å². The van der Waals surface area contributed by atoms with Gasteiger partial charge in [-0.25, -0.2) is 4.39 Å². The fraction of sp³-hybridized carbons (Fsp3) is 0.538. The molecular weight excluding hydrogens is 241 g/mol. The molecule has 1 aromatic carbocycles. The number of nitrogens with two attached hydrogens (primary N) is 1. The van der Waals surface area contributed by atoms with Crippen LogP contribution in [0, 0.1) is 11.7 Å². The molecule has 0 aromatic heterocycles. The predicted octanol–water partition coefficient (Wildman–Crippen LogP) is 3.76. The van der Waals surface area contributed by atoms with Crippen LogP contribution in [-0.4, -0.2) is 5.11 Å². The highest BCUT2D eigenvalue weighted by molar-refractivity contribution is 6.32. The first-order valence-electron chi connectivity index (χ1n) is 6.03. The molecule has 94 valence electrons. The van der Waals surface area contributed by atoms with E-state index in [-0.39, 0.29) is 22.3 Å². The topological polar surface area (TPSA) is 46.2 Å². The van der Waals surface area contributed by atoms with E-state index in [1.54, 1.807) is 0 Å². The lowest BCUT2D eigenvalue weighted by molar-refractivity contribution is 0.297. The summed E-state index contributed by atoms with van der Waals surface area (Å²) in [5.41, 5.74) is 6.25. The van der Waals surface area contributed by atoms with E-state index in [2.05, 4.69) is 0 Å². The third kappa shape index (κ3) is 2.55. The molecule has 1 fully saturated rings. The molecule has 0 unspecified atom stereocenters. The van der Waals surface area contributed by atoms with Crippen LogP contribution in [0.15, 0.2) is 12.1 Å². The third-order valence-corrected chi connectivity index (χ3v) is 3.91. The third-order valence-electron chi connectivity index (χ3n) is 3.61. The van der Waals surface area contributed by atoms with Gasteiger partial charge in [0.1, 0.15) is 11.6 Å². The smallest absolute Gasteiger partial charge is 0.141 e. The Bertz CT molecular complexity index is 405. The van der Waals surface area contributed by atoms with E-state index in [1.807, 2.05) is 0 Å².